The first-order valence-electron chi connectivity index (χ1n) is 13.2. The Morgan fingerprint density at radius 2 is 1.38 bits per heavy atom. The summed E-state index contributed by atoms with van der Waals surface area (Å²) in [7, 11) is 5.75. The number of nitrogens with one attached hydrogen (secondary N) is 2. The molecule has 0 saturated heterocycles. The van der Waals surface area contributed by atoms with E-state index >= 15 is 0 Å². The van der Waals surface area contributed by atoms with E-state index in [0.29, 0.717) is 5.92 Å². The highest BCUT2D eigenvalue weighted by atomic mass is 15.2. The van der Waals surface area contributed by atoms with Gasteiger partial charge in [-0.2, -0.15) is 0 Å². The largest absolute Gasteiger partial charge is 0.390 e. The highest BCUT2D eigenvalue weighted by Crippen LogP contribution is 2.32. The van der Waals surface area contributed by atoms with Crippen LogP contribution in [-0.4, -0.2) is 49.6 Å². The summed E-state index contributed by atoms with van der Waals surface area (Å²) in [5.74, 6) is 7.27. The Bertz CT molecular complexity index is 1100. The lowest BCUT2D eigenvalue weighted by molar-refractivity contribution is 0.236. The summed E-state index contributed by atoms with van der Waals surface area (Å²) in [6.45, 7) is 24.9. The summed E-state index contributed by atoms with van der Waals surface area (Å²) in [5, 5.41) is 6.35. The van der Waals surface area contributed by atoms with Gasteiger partial charge in [0.2, 0.25) is 0 Å². The minimum atomic E-state index is -0.548. The molecule has 37 heavy (non-hydrogen) atoms. The fourth-order valence-electron chi connectivity index (χ4n) is 4.45. The van der Waals surface area contributed by atoms with E-state index in [9.17, 15) is 0 Å². The standard InChI is InChI=1S/C33H46N4/c1-11-22-37(23-25(2)3)24-31-16-14-29(15-17-31)12-13-30-18-20-32(21-19-30)26(4)36(10)33(7,27(5)34-8)28(6)35-9/h14-21,25,34-35H,4-6,11,22-24H2,1-3,7-10H3. The van der Waals surface area contributed by atoms with Crippen LogP contribution in [0, 0.1) is 17.8 Å². The minimum absolute atomic E-state index is 0.548. The van der Waals surface area contributed by atoms with E-state index in [4.69, 9.17) is 0 Å². The molecule has 4 heteroatoms. The molecule has 0 atom stereocenters. The van der Waals surface area contributed by atoms with Crippen molar-refractivity contribution >= 4 is 5.70 Å². The third-order valence-corrected chi connectivity index (χ3v) is 6.95. The van der Waals surface area contributed by atoms with Gasteiger partial charge in [-0.1, -0.05) is 76.6 Å². The number of benzene rings is 2. The van der Waals surface area contributed by atoms with Gasteiger partial charge in [-0.25, -0.2) is 0 Å². The average Bonchev–Trinajstić information content (AvgIpc) is 2.90. The molecule has 2 N–H and O–H groups in total. The van der Waals surface area contributed by atoms with Crippen LogP contribution in [0.3, 0.4) is 0 Å². The van der Waals surface area contributed by atoms with Crippen LogP contribution < -0.4 is 10.6 Å². The number of likely N-dealkylation sites (N-methyl/N-ethyl adjacent to an activating group) is 3. The third kappa shape index (κ3) is 7.78. The Morgan fingerprint density at radius 3 is 1.81 bits per heavy atom. The highest BCUT2D eigenvalue weighted by molar-refractivity contribution is 5.65. The average molecular weight is 499 g/mol. The molecule has 2 rings (SSSR count). The second-order valence-electron chi connectivity index (χ2n) is 10.2. The van der Waals surface area contributed by atoms with Gasteiger partial charge in [0.05, 0.1) is 0 Å². The Hall–Kier alpha value is -3.42. The lowest BCUT2D eigenvalue weighted by Crippen LogP contribution is -2.51. The predicted molar refractivity (Wildman–Crippen MR) is 161 cm³/mol. The van der Waals surface area contributed by atoms with Gasteiger partial charge in [-0.05, 0) is 61.2 Å². The summed E-state index contributed by atoms with van der Waals surface area (Å²) in [6.07, 6.45) is 1.18. The Kier molecular flexibility index (Phi) is 11.1. The van der Waals surface area contributed by atoms with Crippen LogP contribution in [0.5, 0.6) is 0 Å². The smallest absolute Gasteiger partial charge is 0.115 e. The molecule has 198 valence electrons. The van der Waals surface area contributed by atoms with E-state index in [0.717, 1.165) is 53.4 Å². The Labute approximate surface area is 226 Å². The molecule has 0 amide bonds. The van der Waals surface area contributed by atoms with Crippen molar-refractivity contribution in [1.82, 2.24) is 20.4 Å². The first-order chi connectivity index (χ1) is 17.6. The summed E-state index contributed by atoms with van der Waals surface area (Å²) in [4.78, 5) is 4.62. The second kappa shape index (κ2) is 13.8. The van der Waals surface area contributed by atoms with Crippen molar-refractivity contribution < 1.29 is 0 Å². The number of hydrogen-bond donors (Lipinski definition) is 2. The fourth-order valence-corrected chi connectivity index (χ4v) is 4.45. The van der Waals surface area contributed by atoms with Crippen molar-refractivity contribution in [1.29, 1.82) is 0 Å². The predicted octanol–water partition coefficient (Wildman–Crippen LogP) is 6.08. The first-order valence-corrected chi connectivity index (χ1v) is 13.2. The van der Waals surface area contributed by atoms with Gasteiger partial charge in [0.15, 0.2) is 0 Å². The molecule has 0 aliphatic carbocycles. The van der Waals surface area contributed by atoms with Crippen molar-refractivity contribution in [3.8, 4) is 11.8 Å². The van der Waals surface area contributed by atoms with Crippen molar-refractivity contribution in [3.63, 3.8) is 0 Å². The van der Waals surface area contributed by atoms with E-state index in [1.54, 1.807) is 0 Å². The maximum absolute atomic E-state index is 4.35. The van der Waals surface area contributed by atoms with Crippen molar-refractivity contribution in [2.75, 3.05) is 34.2 Å². The van der Waals surface area contributed by atoms with E-state index in [1.807, 2.05) is 33.3 Å². The minimum Gasteiger partial charge on any atom is -0.390 e. The number of hydrogen-bond acceptors (Lipinski definition) is 4. The SMILES string of the molecule is C=C(c1ccc(C#Cc2ccc(CN(CCC)CC(C)C)cc2)cc1)N(C)C(C)(C(=C)NC)C(=C)NC. The molecule has 0 aromatic heterocycles. The van der Waals surface area contributed by atoms with Gasteiger partial charge < -0.3 is 15.5 Å². The van der Waals surface area contributed by atoms with Crippen LogP contribution in [0.25, 0.3) is 5.70 Å². The van der Waals surface area contributed by atoms with Crippen LogP contribution in [0.1, 0.15) is 56.4 Å². The normalized spacial score (nSPS) is 11.1. The zero-order chi connectivity index (χ0) is 27.6. The van der Waals surface area contributed by atoms with Crippen LogP contribution in [0.2, 0.25) is 0 Å². The van der Waals surface area contributed by atoms with Gasteiger partial charge in [0.1, 0.15) is 5.54 Å². The summed E-state index contributed by atoms with van der Waals surface area (Å²) in [6, 6.07) is 16.9. The van der Waals surface area contributed by atoms with Crippen molar-refractivity contribution in [2.45, 2.75) is 46.2 Å². The van der Waals surface area contributed by atoms with Crippen molar-refractivity contribution in [3.05, 3.63) is 102 Å². The van der Waals surface area contributed by atoms with Gasteiger partial charge in [0.25, 0.3) is 0 Å². The van der Waals surface area contributed by atoms with Gasteiger partial charge in [0, 0.05) is 62.5 Å². The number of rotatable bonds is 13. The maximum Gasteiger partial charge on any atom is 0.115 e. The summed E-state index contributed by atoms with van der Waals surface area (Å²) in [5.41, 5.74) is 6.35. The molecule has 2 aromatic rings. The van der Waals surface area contributed by atoms with Crippen molar-refractivity contribution in [2.24, 2.45) is 5.92 Å². The van der Waals surface area contributed by atoms with E-state index in [1.165, 1.54) is 12.0 Å². The zero-order valence-electron chi connectivity index (χ0n) is 24.0. The Balaban J connectivity index is 2.12. The third-order valence-electron chi connectivity index (χ3n) is 6.95. The highest BCUT2D eigenvalue weighted by Gasteiger charge is 2.36. The molecule has 0 aliphatic rings. The lowest BCUT2D eigenvalue weighted by atomic mass is 9.91. The zero-order valence-corrected chi connectivity index (χ0v) is 24.0. The van der Waals surface area contributed by atoms with Crippen LogP contribution in [-0.2, 0) is 6.54 Å². The quantitative estimate of drug-likeness (QED) is 0.328. The molecule has 0 aliphatic heterocycles. The van der Waals surface area contributed by atoms with Crippen LogP contribution in [0.15, 0.2) is 79.7 Å². The molecule has 0 bridgehead atoms. The van der Waals surface area contributed by atoms with Crippen LogP contribution in [0.4, 0.5) is 0 Å². The topological polar surface area (TPSA) is 30.5 Å². The van der Waals surface area contributed by atoms with Gasteiger partial charge in [-0.15, -0.1) is 0 Å². The Morgan fingerprint density at radius 1 is 0.892 bits per heavy atom. The summed E-state index contributed by atoms with van der Waals surface area (Å²) >= 11 is 0. The second-order valence-corrected chi connectivity index (χ2v) is 10.2. The van der Waals surface area contributed by atoms with E-state index in [-0.39, 0.29) is 0 Å². The van der Waals surface area contributed by atoms with E-state index in [2.05, 4.69) is 116 Å². The molecule has 0 radical (unpaired) electrons. The monoisotopic (exact) mass is 498 g/mol. The molecule has 4 nitrogen and oxygen atoms in total. The molecule has 0 saturated carbocycles. The molecule has 0 fully saturated rings. The van der Waals surface area contributed by atoms with E-state index < -0.39 is 5.54 Å². The van der Waals surface area contributed by atoms with Gasteiger partial charge in [-0.3, -0.25) is 4.90 Å². The number of nitrogens with zero attached hydrogens (tertiary/aromatic N) is 2. The molecule has 0 heterocycles. The fraction of sp³-hybridized carbons (Fsp3) is 0.394. The maximum atomic E-state index is 4.35. The molecule has 0 unspecified atom stereocenters. The lowest BCUT2D eigenvalue weighted by Gasteiger charge is -2.44. The molecule has 0 spiro atoms. The van der Waals surface area contributed by atoms with Gasteiger partial charge >= 0.3 is 0 Å². The molecular weight excluding hydrogens is 452 g/mol. The summed E-state index contributed by atoms with van der Waals surface area (Å²) < 4.78 is 0. The van der Waals surface area contributed by atoms with Crippen LogP contribution >= 0.6 is 0 Å². The first kappa shape index (κ1) is 29.8. The molecular formula is C33H46N4. The molecule has 2 aromatic carbocycles.